The first-order chi connectivity index (χ1) is 28.3. The van der Waals surface area contributed by atoms with Gasteiger partial charge in [-0.1, -0.05) is 212 Å². The van der Waals surface area contributed by atoms with Crippen molar-refractivity contribution in [3.8, 4) is 56.4 Å². The van der Waals surface area contributed by atoms with Crippen molar-refractivity contribution in [3.05, 3.63) is 212 Å². The molecule has 1 aliphatic rings. The average Bonchev–Trinajstić information content (AvgIpc) is 3.61. The fourth-order valence-electron chi connectivity index (χ4n) is 9.12. The van der Waals surface area contributed by atoms with Gasteiger partial charge in [-0.25, -0.2) is 15.0 Å². The third-order valence-electron chi connectivity index (χ3n) is 11.6. The number of rotatable bonds is 6. The summed E-state index contributed by atoms with van der Waals surface area (Å²) >= 11 is 0. The standard InChI is InChI=1S/C53H35N3Si/c1-4-18-39(19-5-1)51-54-52(40-32-30-38(31-33-40)44-27-14-20-36-16-10-12-25-43(36)44)56-53(55-51)47-28-15-29-48-49(47)46-35-34-37-17-11-13-26-45(37)50(46)57(48,41-21-6-2-7-22-41)42-23-8-3-9-24-42/h1-35H. The second kappa shape index (κ2) is 13.5. The minimum Gasteiger partial charge on any atom is -0.208 e. The van der Waals surface area contributed by atoms with E-state index >= 15 is 0 Å². The highest BCUT2D eigenvalue weighted by Gasteiger charge is 2.50. The molecule has 0 saturated heterocycles. The van der Waals surface area contributed by atoms with E-state index in [9.17, 15) is 0 Å². The summed E-state index contributed by atoms with van der Waals surface area (Å²) in [5, 5.41) is 10.5. The first-order valence-corrected chi connectivity index (χ1v) is 21.4. The van der Waals surface area contributed by atoms with E-state index in [-0.39, 0.29) is 0 Å². The molecule has 11 rings (SSSR count). The summed E-state index contributed by atoms with van der Waals surface area (Å²) in [5.41, 5.74) is 7.72. The lowest BCUT2D eigenvalue weighted by Gasteiger charge is -2.32. The van der Waals surface area contributed by atoms with Crippen molar-refractivity contribution >= 4 is 50.4 Å². The van der Waals surface area contributed by atoms with Gasteiger partial charge in [0.05, 0.1) is 0 Å². The molecule has 9 aromatic carbocycles. The molecule has 3 nitrogen and oxygen atoms in total. The molecular weight excluding hydrogens is 707 g/mol. The van der Waals surface area contributed by atoms with Crippen LogP contribution in [0.3, 0.4) is 0 Å². The van der Waals surface area contributed by atoms with E-state index in [1.54, 1.807) is 0 Å². The van der Waals surface area contributed by atoms with Gasteiger partial charge in [0.1, 0.15) is 0 Å². The lowest BCUT2D eigenvalue weighted by atomic mass is 9.96. The molecule has 0 saturated carbocycles. The van der Waals surface area contributed by atoms with Crippen molar-refractivity contribution in [3.63, 3.8) is 0 Å². The predicted molar refractivity (Wildman–Crippen MR) is 239 cm³/mol. The normalized spacial score (nSPS) is 12.7. The molecule has 2 heterocycles. The summed E-state index contributed by atoms with van der Waals surface area (Å²) in [7, 11) is -2.84. The average molecular weight is 742 g/mol. The second-order valence-electron chi connectivity index (χ2n) is 14.7. The molecule has 0 aliphatic carbocycles. The summed E-state index contributed by atoms with van der Waals surface area (Å²) in [4.78, 5) is 15.8. The van der Waals surface area contributed by atoms with Crippen LogP contribution >= 0.6 is 0 Å². The van der Waals surface area contributed by atoms with Crippen molar-refractivity contribution in [2.24, 2.45) is 0 Å². The van der Waals surface area contributed by atoms with Gasteiger partial charge in [-0.05, 0) is 64.5 Å². The van der Waals surface area contributed by atoms with Crippen LogP contribution in [0.1, 0.15) is 0 Å². The number of hydrogen-bond donors (Lipinski definition) is 0. The van der Waals surface area contributed by atoms with Gasteiger partial charge in [0, 0.05) is 16.7 Å². The molecular formula is C53H35N3Si. The molecule has 57 heavy (non-hydrogen) atoms. The molecule has 1 aliphatic heterocycles. The molecule has 1 aromatic heterocycles. The van der Waals surface area contributed by atoms with Crippen LogP contribution in [0.25, 0.3) is 78.0 Å². The Balaban J connectivity index is 1.16. The Bertz CT molecular complexity index is 3060. The summed E-state index contributed by atoms with van der Waals surface area (Å²) < 4.78 is 0. The highest BCUT2D eigenvalue weighted by molar-refractivity contribution is 7.23. The third kappa shape index (κ3) is 5.30. The van der Waals surface area contributed by atoms with Crippen LogP contribution in [-0.2, 0) is 0 Å². The Labute approximate surface area is 332 Å². The quantitative estimate of drug-likeness (QED) is 0.159. The maximum Gasteiger partial charge on any atom is 0.181 e. The third-order valence-corrected chi connectivity index (χ3v) is 16.5. The molecule has 10 aromatic rings. The van der Waals surface area contributed by atoms with Crippen LogP contribution in [0, 0.1) is 0 Å². The molecule has 0 unspecified atom stereocenters. The minimum atomic E-state index is -2.84. The lowest BCUT2D eigenvalue weighted by Crippen LogP contribution is -2.73. The minimum absolute atomic E-state index is 0.646. The number of nitrogens with zero attached hydrogens (tertiary/aromatic N) is 3. The Hall–Kier alpha value is -7.27. The van der Waals surface area contributed by atoms with Gasteiger partial charge < -0.3 is 0 Å². The first-order valence-electron chi connectivity index (χ1n) is 19.4. The highest BCUT2D eigenvalue weighted by Crippen LogP contribution is 2.39. The molecule has 4 heteroatoms. The smallest absolute Gasteiger partial charge is 0.181 e. The summed E-state index contributed by atoms with van der Waals surface area (Å²) in [6.07, 6.45) is 0. The number of benzene rings is 9. The Kier molecular flexibility index (Phi) is 7.83. The molecule has 0 spiro atoms. The zero-order valence-electron chi connectivity index (χ0n) is 31.0. The zero-order valence-corrected chi connectivity index (χ0v) is 32.0. The molecule has 0 atom stereocenters. The molecule has 0 N–H and O–H groups in total. The van der Waals surface area contributed by atoms with Gasteiger partial charge >= 0.3 is 0 Å². The molecule has 0 amide bonds. The Morgan fingerprint density at radius 3 is 1.47 bits per heavy atom. The van der Waals surface area contributed by atoms with Gasteiger partial charge in [0.25, 0.3) is 0 Å². The van der Waals surface area contributed by atoms with Crippen LogP contribution in [0.15, 0.2) is 212 Å². The van der Waals surface area contributed by atoms with Crippen molar-refractivity contribution in [1.29, 1.82) is 0 Å². The Morgan fingerprint density at radius 2 is 0.789 bits per heavy atom. The molecule has 0 fully saturated rings. The van der Waals surface area contributed by atoms with E-state index < -0.39 is 8.07 Å². The predicted octanol–water partition coefficient (Wildman–Crippen LogP) is 10.2. The molecule has 0 radical (unpaired) electrons. The summed E-state index contributed by atoms with van der Waals surface area (Å²) in [6, 6.07) is 76.6. The van der Waals surface area contributed by atoms with E-state index in [0.717, 1.165) is 22.3 Å². The summed E-state index contributed by atoms with van der Waals surface area (Å²) in [5.74, 6) is 1.96. The van der Waals surface area contributed by atoms with Crippen LogP contribution in [0.2, 0.25) is 0 Å². The van der Waals surface area contributed by atoms with E-state index in [2.05, 4.69) is 194 Å². The highest BCUT2D eigenvalue weighted by atomic mass is 28.3. The topological polar surface area (TPSA) is 38.7 Å². The SMILES string of the molecule is c1ccc(-c2nc(-c3ccc(-c4cccc5ccccc45)cc3)nc(-c3cccc4c3-c3ccc5ccccc5c3[Si]4(c3ccccc3)c3ccccc3)n2)cc1. The summed E-state index contributed by atoms with van der Waals surface area (Å²) in [6.45, 7) is 0. The zero-order chi connectivity index (χ0) is 37.8. The van der Waals surface area contributed by atoms with Gasteiger partial charge in [-0.3, -0.25) is 0 Å². The Morgan fingerprint density at radius 1 is 0.298 bits per heavy atom. The van der Waals surface area contributed by atoms with Crippen LogP contribution in [-0.4, -0.2) is 23.0 Å². The largest absolute Gasteiger partial charge is 0.208 e. The van der Waals surface area contributed by atoms with Gasteiger partial charge in [-0.2, -0.15) is 0 Å². The molecule has 266 valence electrons. The van der Waals surface area contributed by atoms with Crippen LogP contribution in [0.4, 0.5) is 0 Å². The van der Waals surface area contributed by atoms with Crippen molar-refractivity contribution < 1.29 is 0 Å². The van der Waals surface area contributed by atoms with Crippen molar-refractivity contribution in [2.45, 2.75) is 0 Å². The monoisotopic (exact) mass is 741 g/mol. The maximum absolute atomic E-state index is 5.35. The van der Waals surface area contributed by atoms with Crippen LogP contribution < -0.4 is 20.7 Å². The van der Waals surface area contributed by atoms with Gasteiger partial charge in [0.15, 0.2) is 25.5 Å². The molecule has 0 bridgehead atoms. The maximum atomic E-state index is 5.35. The van der Waals surface area contributed by atoms with E-state index in [4.69, 9.17) is 15.0 Å². The van der Waals surface area contributed by atoms with Crippen molar-refractivity contribution in [2.75, 3.05) is 0 Å². The van der Waals surface area contributed by atoms with Crippen molar-refractivity contribution in [1.82, 2.24) is 15.0 Å². The first kappa shape index (κ1) is 33.1. The van der Waals surface area contributed by atoms with Gasteiger partial charge in [0.2, 0.25) is 0 Å². The number of hydrogen-bond acceptors (Lipinski definition) is 3. The van der Waals surface area contributed by atoms with E-state index in [1.165, 1.54) is 59.0 Å². The second-order valence-corrected chi connectivity index (χ2v) is 18.4. The number of aromatic nitrogens is 3. The van der Waals surface area contributed by atoms with Gasteiger partial charge in [-0.15, -0.1) is 0 Å². The van der Waals surface area contributed by atoms with E-state index in [1.807, 2.05) is 18.2 Å². The fraction of sp³-hybridized carbons (Fsp3) is 0. The number of fused-ring (bicyclic) bond motifs is 6. The van der Waals surface area contributed by atoms with Crippen LogP contribution in [0.5, 0.6) is 0 Å². The fourth-order valence-corrected chi connectivity index (χ4v) is 14.5. The lowest BCUT2D eigenvalue weighted by molar-refractivity contribution is 1.07. The van der Waals surface area contributed by atoms with E-state index in [0.29, 0.717) is 17.5 Å².